The molecule has 0 bridgehead atoms. The molecule has 10 aromatic rings. The van der Waals surface area contributed by atoms with Crippen LogP contribution in [0.25, 0.3) is 0 Å². The fourth-order valence-electron chi connectivity index (χ4n) is 11.5. The summed E-state index contributed by atoms with van der Waals surface area (Å²) in [6.45, 7) is -0.0785. The van der Waals surface area contributed by atoms with Gasteiger partial charge in [0.2, 0.25) is 0 Å². The number of benzene rings is 10. The summed E-state index contributed by atoms with van der Waals surface area (Å²) in [5.74, 6) is 3.38. The number of nitrogens with zero attached hydrogens (tertiary/aromatic N) is 1. The van der Waals surface area contributed by atoms with Gasteiger partial charge in [-0.2, -0.15) is 0 Å². The second kappa shape index (κ2) is 15.4. The van der Waals surface area contributed by atoms with Crippen LogP contribution in [0.3, 0.4) is 0 Å². The zero-order valence-electron chi connectivity index (χ0n) is 36.1. The third-order valence-electron chi connectivity index (χ3n) is 14.2. The van der Waals surface area contributed by atoms with Gasteiger partial charge in [-0.1, -0.05) is 218 Å². The molecule has 0 amide bonds. The van der Waals surface area contributed by atoms with E-state index in [4.69, 9.17) is 9.47 Å². The lowest BCUT2D eigenvalue weighted by atomic mass is 9.35. The Morgan fingerprint density at radius 1 is 0.348 bits per heavy atom. The number of rotatable bonds is 7. The molecule has 13 rings (SSSR count). The monoisotopic (exact) mass is 875 g/mol. The topological polar surface area (TPSA) is 21.7 Å². The molecule has 3 aliphatic heterocycles. The van der Waals surface area contributed by atoms with E-state index >= 15 is 0 Å². The minimum Gasteiger partial charge on any atom is -0.458 e. The normalized spacial score (nSPS) is 13.8. The highest BCUT2D eigenvalue weighted by molar-refractivity contribution is 7.21. The van der Waals surface area contributed by atoms with E-state index in [0.717, 1.165) is 45.1 Å². The molecule has 310 valence electrons. The van der Waals surface area contributed by atoms with Crippen molar-refractivity contribution in [2.24, 2.45) is 0 Å². The summed E-state index contributed by atoms with van der Waals surface area (Å²) in [5, 5.41) is 10.7. The Bertz CT molecular complexity index is 3260. The van der Waals surface area contributed by atoms with E-state index in [1.54, 1.807) is 0 Å². The molecule has 0 saturated carbocycles. The molecule has 0 spiro atoms. The number of para-hydroxylation sites is 3. The van der Waals surface area contributed by atoms with Gasteiger partial charge in [-0.15, -0.1) is 0 Å². The first-order chi connectivity index (χ1) is 32.7. The van der Waals surface area contributed by atoms with Gasteiger partial charge < -0.3 is 14.4 Å². The molecule has 0 unspecified atom stereocenters. The van der Waals surface area contributed by atoms with Crippen molar-refractivity contribution in [3.05, 3.63) is 255 Å². The molecule has 66 heavy (non-hydrogen) atoms. The minimum atomic E-state index is -2.85. The highest BCUT2D eigenvalue weighted by Gasteiger charge is 2.50. The highest BCUT2D eigenvalue weighted by atomic mass is 28.3. The van der Waals surface area contributed by atoms with Crippen molar-refractivity contribution in [2.75, 3.05) is 4.90 Å². The molecular weight excluding hydrogens is 834 g/mol. The van der Waals surface area contributed by atoms with E-state index in [1.807, 2.05) is 0 Å². The fourth-order valence-corrected chi connectivity index (χ4v) is 21.4. The van der Waals surface area contributed by atoms with Crippen LogP contribution in [0.5, 0.6) is 23.0 Å². The van der Waals surface area contributed by atoms with Crippen LogP contribution in [0, 0.1) is 0 Å². The van der Waals surface area contributed by atoms with Crippen LogP contribution in [0.4, 0.5) is 17.1 Å². The molecule has 10 aromatic carbocycles. The van der Waals surface area contributed by atoms with Crippen LogP contribution < -0.4 is 72.3 Å². The van der Waals surface area contributed by atoms with Gasteiger partial charge in [-0.3, -0.25) is 0 Å². The molecule has 3 heterocycles. The van der Waals surface area contributed by atoms with Crippen molar-refractivity contribution in [2.45, 2.75) is 0 Å². The smallest absolute Gasteiger partial charge is 0.260 e. The van der Waals surface area contributed by atoms with Gasteiger partial charge in [0.15, 0.2) is 16.1 Å². The summed E-state index contributed by atoms with van der Waals surface area (Å²) in [7, 11) is -5.65. The number of anilines is 3. The van der Waals surface area contributed by atoms with E-state index in [2.05, 4.69) is 260 Å². The van der Waals surface area contributed by atoms with Crippen LogP contribution in [0.15, 0.2) is 255 Å². The molecule has 3 aliphatic rings. The lowest BCUT2D eigenvalue weighted by molar-refractivity contribution is 0.465. The Balaban J connectivity index is 1.04. The SMILES string of the molecule is c1ccc([Si](c2ccccc2)(c2ccccc2)c2ccc3c(c2)Oc2cc(N4c5ccccc5[Si](c5ccccc5)(c5ccccc5)c5ccccc54)cc4c2B3c2ccccc2O4)cc1. The zero-order valence-corrected chi connectivity index (χ0v) is 38.1. The molecule has 6 heteroatoms. The number of fused-ring (bicyclic) bond motifs is 6. The molecule has 0 fully saturated rings. The maximum atomic E-state index is 7.39. The first-order valence-electron chi connectivity index (χ1n) is 22.8. The van der Waals surface area contributed by atoms with Gasteiger partial charge in [0.1, 0.15) is 23.0 Å². The summed E-state index contributed by atoms with van der Waals surface area (Å²) >= 11 is 0. The average Bonchev–Trinajstić information content (AvgIpc) is 3.39. The predicted molar refractivity (Wildman–Crippen MR) is 280 cm³/mol. The third-order valence-corrected chi connectivity index (χ3v) is 23.8. The molecule has 0 aromatic heterocycles. The predicted octanol–water partition coefficient (Wildman–Crippen LogP) is 6.95. The third kappa shape index (κ3) is 5.62. The fraction of sp³-hybridized carbons (Fsp3) is 0. The Hall–Kier alpha value is -7.90. The largest absolute Gasteiger partial charge is 0.458 e. The lowest BCUT2D eigenvalue weighted by Crippen LogP contribution is -2.77. The van der Waals surface area contributed by atoms with Crippen LogP contribution in [-0.2, 0) is 0 Å². The molecule has 0 N–H and O–H groups in total. The number of hydrogen-bond donors (Lipinski definition) is 0. The van der Waals surface area contributed by atoms with E-state index < -0.39 is 16.1 Å². The van der Waals surface area contributed by atoms with E-state index in [-0.39, 0.29) is 6.71 Å². The van der Waals surface area contributed by atoms with Crippen LogP contribution in [-0.4, -0.2) is 22.9 Å². The summed E-state index contributed by atoms with van der Waals surface area (Å²) in [4.78, 5) is 2.45. The maximum Gasteiger partial charge on any atom is 0.260 e. The second-order valence-electron chi connectivity index (χ2n) is 17.5. The van der Waals surface area contributed by atoms with Crippen molar-refractivity contribution in [1.29, 1.82) is 0 Å². The van der Waals surface area contributed by atoms with Crippen molar-refractivity contribution in [1.82, 2.24) is 0 Å². The van der Waals surface area contributed by atoms with Crippen molar-refractivity contribution in [3.8, 4) is 23.0 Å². The number of ether oxygens (including phenoxy) is 2. The van der Waals surface area contributed by atoms with Crippen molar-refractivity contribution < 1.29 is 9.47 Å². The summed E-state index contributed by atoms with van der Waals surface area (Å²) < 4.78 is 14.4. The van der Waals surface area contributed by atoms with Crippen LogP contribution in [0.2, 0.25) is 0 Å². The average molecular weight is 876 g/mol. The van der Waals surface area contributed by atoms with Gasteiger partial charge in [0.25, 0.3) is 6.71 Å². The Labute approximate surface area is 387 Å². The van der Waals surface area contributed by atoms with Gasteiger partial charge >= 0.3 is 0 Å². The summed E-state index contributed by atoms with van der Waals surface area (Å²) in [5.41, 5.74) is 6.67. The van der Waals surface area contributed by atoms with E-state index in [9.17, 15) is 0 Å². The van der Waals surface area contributed by atoms with Gasteiger partial charge in [-0.25, -0.2) is 0 Å². The maximum absolute atomic E-state index is 7.39. The van der Waals surface area contributed by atoms with Gasteiger partial charge in [0.05, 0.1) is 5.69 Å². The molecule has 0 atom stereocenters. The quantitative estimate of drug-likeness (QED) is 0.128. The van der Waals surface area contributed by atoms with E-state index in [1.165, 1.54) is 52.9 Å². The first-order valence-corrected chi connectivity index (χ1v) is 26.8. The van der Waals surface area contributed by atoms with Crippen molar-refractivity contribution >= 4 is 97.8 Å². The van der Waals surface area contributed by atoms with Crippen LogP contribution >= 0.6 is 0 Å². The number of hydrogen-bond acceptors (Lipinski definition) is 3. The lowest BCUT2D eigenvalue weighted by Gasteiger charge is -2.45. The molecule has 3 nitrogen and oxygen atoms in total. The molecule has 0 aliphatic carbocycles. The minimum absolute atomic E-state index is 0.0785. The Morgan fingerprint density at radius 3 is 1.30 bits per heavy atom. The first kappa shape index (κ1) is 38.5. The van der Waals surface area contributed by atoms with Crippen molar-refractivity contribution in [3.63, 3.8) is 0 Å². The van der Waals surface area contributed by atoms with Crippen LogP contribution in [0.1, 0.15) is 0 Å². The standard InChI is InChI=1S/C60H42BNO2Si2/c1-6-22-44(23-7-1)65(45-24-8-2-9-25-45,46-26-10-3-11-27-46)49-38-39-51-55(42-49)64-57-41-43(40-56-60(57)61(51)50-32-16-19-35-54(50)63-56)62-52-33-17-20-36-58(52)66(47-28-12-4-13-29-47,48-30-14-5-15-31-48)59-37-21-18-34-53(59)62/h1-42H. The Morgan fingerprint density at radius 2 is 0.773 bits per heavy atom. The zero-order chi connectivity index (χ0) is 43.7. The molecule has 0 saturated heterocycles. The molecule has 0 radical (unpaired) electrons. The Kier molecular flexibility index (Phi) is 8.98. The molecular formula is C60H42BNO2Si2. The summed E-state index contributed by atoms with van der Waals surface area (Å²) in [6, 6.07) is 93.9. The highest BCUT2D eigenvalue weighted by Crippen LogP contribution is 2.44. The second-order valence-corrected chi connectivity index (χ2v) is 25.0. The summed E-state index contributed by atoms with van der Waals surface area (Å²) in [6.07, 6.45) is 0. The van der Waals surface area contributed by atoms with E-state index in [0.29, 0.717) is 0 Å². The van der Waals surface area contributed by atoms with Gasteiger partial charge in [0, 0.05) is 29.0 Å². The van der Waals surface area contributed by atoms with Gasteiger partial charge in [-0.05, 0) is 76.7 Å².